The summed E-state index contributed by atoms with van der Waals surface area (Å²) in [5.41, 5.74) is 3.00. The Hall–Kier alpha value is -1.18. The van der Waals surface area contributed by atoms with Crippen molar-refractivity contribution in [2.75, 3.05) is 23.3 Å². The van der Waals surface area contributed by atoms with E-state index in [0.29, 0.717) is 11.5 Å². The molecule has 2 rings (SSSR count). The Bertz CT molecular complexity index is 404. The summed E-state index contributed by atoms with van der Waals surface area (Å²) >= 11 is 0. The molecule has 2 nitrogen and oxygen atoms in total. The summed E-state index contributed by atoms with van der Waals surface area (Å²) in [6.45, 7) is 11.3. The van der Waals surface area contributed by atoms with Gasteiger partial charge in [-0.05, 0) is 56.4 Å². The van der Waals surface area contributed by atoms with Crippen molar-refractivity contribution in [3.63, 3.8) is 0 Å². The Morgan fingerprint density at radius 2 is 1.75 bits per heavy atom. The van der Waals surface area contributed by atoms with Crippen LogP contribution in [0.15, 0.2) is 24.3 Å². The van der Waals surface area contributed by atoms with Crippen molar-refractivity contribution in [3.05, 3.63) is 24.3 Å². The molecule has 1 saturated carbocycles. The predicted molar refractivity (Wildman–Crippen MR) is 89.7 cm³/mol. The standard InChI is InChI=1S/C18H30N2/c1-5-20(6-2)16-12-10-15(11-13-16)19-17-9-7-8-14-18(17,3)4/h10-13,17,19H,5-9,14H2,1-4H3. The molecule has 1 N–H and O–H groups in total. The molecule has 1 aromatic carbocycles. The zero-order valence-electron chi connectivity index (χ0n) is 13.6. The van der Waals surface area contributed by atoms with E-state index in [-0.39, 0.29) is 0 Å². The van der Waals surface area contributed by atoms with Gasteiger partial charge in [0, 0.05) is 30.5 Å². The summed E-state index contributed by atoms with van der Waals surface area (Å²) in [4.78, 5) is 2.38. The van der Waals surface area contributed by atoms with Crippen molar-refractivity contribution < 1.29 is 0 Å². The van der Waals surface area contributed by atoms with Crippen LogP contribution in [-0.2, 0) is 0 Å². The van der Waals surface area contributed by atoms with Gasteiger partial charge >= 0.3 is 0 Å². The minimum atomic E-state index is 0.412. The summed E-state index contributed by atoms with van der Waals surface area (Å²) in [7, 11) is 0. The highest BCUT2D eigenvalue weighted by Gasteiger charge is 2.31. The van der Waals surface area contributed by atoms with E-state index in [1.807, 2.05) is 0 Å². The molecule has 0 heterocycles. The number of anilines is 2. The molecule has 0 amide bonds. The summed E-state index contributed by atoms with van der Waals surface area (Å²) in [5.74, 6) is 0. The molecule has 0 radical (unpaired) electrons. The van der Waals surface area contributed by atoms with E-state index in [0.717, 1.165) is 13.1 Å². The lowest BCUT2D eigenvalue weighted by molar-refractivity contribution is 0.217. The third-order valence-corrected chi connectivity index (χ3v) is 4.84. The lowest BCUT2D eigenvalue weighted by Crippen LogP contribution is -2.38. The van der Waals surface area contributed by atoms with Gasteiger partial charge in [-0.15, -0.1) is 0 Å². The maximum Gasteiger partial charge on any atom is 0.0367 e. The van der Waals surface area contributed by atoms with Gasteiger partial charge in [-0.1, -0.05) is 26.7 Å². The minimum absolute atomic E-state index is 0.412. The quantitative estimate of drug-likeness (QED) is 0.820. The van der Waals surface area contributed by atoms with Crippen LogP contribution >= 0.6 is 0 Å². The first kappa shape index (κ1) is 15.2. The van der Waals surface area contributed by atoms with Crippen molar-refractivity contribution in [1.29, 1.82) is 0 Å². The second-order valence-electron chi connectivity index (χ2n) is 6.65. The third-order valence-electron chi connectivity index (χ3n) is 4.84. The predicted octanol–water partition coefficient (Wildman–Crippen LogP) is 4.91. The highest BCUT2D eigenvalue weighted by atomic mass is 15.1. The molecular formula is C18H30N2. The monoisotopic (exact) mass is 274 g/mol. The second kappa shape index (κ2) is 6.51. The van der Waals surface area contributed by atoms with E-state index < -0.39 is 0 Å². The molecule has 0 spiro atoms. The van der Waals surface area contributed by atoms with Crippen LogP contribution in [0.2, 0.25) is 0 Å². The Morgan fingerprint density at radius 3 is 2.30 bits per heavy atom. The first-order valence-corrected chi connectivity index (χ1v) is 8.18. The van der Waals surface area contributed by atoms with Gasteiger partial charge in [0.05, 0.1) is 0 Å². The average molecular weight is 274 g/mol. The van der Waals surface area contributed by atoms with Crippen LogP contribution in [0.1, 0.15) is 53.4 Å². The van der Waals surface area contributed by atoms with Gasteiger partial charge in [-0.25, -0.2) is 0 Å². The van der Waals surface area contributed by atoms with Crippen molar-refractivity contribution in [2.45, 2.75) is 59.4 Å². The smallest absolute Gasteiger partial charge is 0.0367 e. The van der Waals surface area contributed by atoms with Crippen LogP contribution in [0, 0.1) is 5.41 Å². The van der Waals surface area contributed by atoms with E-state index in [2.05, 4.69) is 62.2 Å². The molecule has 1 unspecified atom stereocenters. The van der Waals surface area contributed by atoms with Crippen LogP contribution < -0.4 is 10.2 Å². The van der Waals surface area contributed by atoms with Crippen LogP contribution in [0.5, 0.6) is 0 Å². The fourth-order valence-electron chi connectivity index (χ4n) is 3.32. The van der Waals surface area contributed by atoms with E-state index in [1.165, 1.54) is 37.1 Å². The van der Waals surface area contributed by atoms with Crippen LogP contribution in [0.3, 0.4) is 0 Å². The average Bonchev–Trinajstić information content (AvgIpc) is 2.44. The van der Waals surface area contributed by atoms with Gasteiger partial charge in [-0.2, -0.15) is 0 Å². The first-order valence-electron chi connectivity index (χ1n) is 8.18. The molecule has 1 atom stereocenters. The van der Waals surface area contributed by atoms with E-state index in [9.17, 15) is 0 Å². The summed E-state index contributed by atoms with van der Waals surface area (Å²) in [6, 6.07) is 9.56. The number of hydrogen-bond donors (Lipinski definition) is 1. The number of nitrogens with zero attached hydrogens (tertiary/aromatic N) is 1. The van der Waals surface area contributed by atoms with E-state index in [4.69, 9.17) is 0 Å². The fraction of sp³-hybridized carbons (Fsp3) is 0.667. The summed E-state index contributed by atoms with van der Waals surface area (Å²) < 4.78 is 0. The molecule has 0 aliphatic heterocycles. The number of rotatable bonds is 5. The summed E-state index contributed by atoms with van der Waals surface area (Å²) in [5, 5.41) is 3.75. The SMILES string of the molecule is CCN(CC)c1ccc(NC2CCCCC2(C)C)cc1. The largest absolute Gasteiger partial charge is 0.382 e. The summed E-state index contributed by atoms with van der Waals surface area (Å²) in [6.07, 6.45) is 5.37. The van der Waals surface area contributed by atoms with Gasteiger partial charge in [0.25, 0.3) is 0 Å². The molecule has 1 aliphatic rings. The van der Waals surface area contributed by atoms with Crippen LogP contribution in [-0.4, -0.2) is 19.1 Å². The minimum Gasteiger partial charge on any atom is -0.382 e. The van der Waals surface area contributed by atoms with Gasteiger partial charge in [-0.3, -0.25) is 0 Å². The van der Waals surface area contributed by atoms with Crippen molar-refractivity contribution in [2.24, 2.45) is 5.41 Å². The molecule has 0 aromatic heterocycles. The lowest BCUT2D eigenvalue weighted by atomic mass is 9.73. The van der Waals surface area contributed by atoms with E-state index in [1.54, 1.807) is 0 Å². The van der Waals surface area contributed by atoms with Crippen molar-refractivity contribution >= 4 is 11.4 Å². The Morgan fingerprint density at radius 1 is 1.10 bits per heavy atom. The molecule has 0 bridgehead atoms. The maximum absolute atomic E-state index is 3.75. The highest BCUT2D eigenvalue weighted by Crippen LogP contribution is 2.37. The topological polar surface area (TPSA) is 15.3 Å². The second-order valence-corrected chi connectivity index (χ2v) is 6.65. The van der Waals surface area contributed by atoms with Gasteiger partial charge in [0.2, 0.25) is 0 Å². The van der Waals surface area contributed by atoms with Crippen LogP contribution in [0.25, 0.3) is 0 Å². The molecule has 0 saturated heterocycles. The van der Waals surface area contributed by atoms with Gasteiger partial charge in [0.15, 0.2) is 0 Å². The molecule has 112 valence electrons. The molecule has 1 aromatic rings. The first-order chi connectivity index (χ1) is 9.56. The molecule has 1 aliphatic carbocycles. The fourth-order valence-corrected chi connectivity index (χ4v) is 3.32. The Balaban J connectivity index is 2.03. The van der Waals surface area contributed by atoms with Crippen molar-refractivity contribution in [1.82, 2.24) is 0 Å². The lowest BCUT2D eigenvalue weighted by Gasteiger charge is -2.39. The van der Waals surface area contributed by atoms with Gasteiger partial charge < -0.3 is 10.2 Å². The number of hydrogen-bond acceptors (Lipinski definition) is 2. The van der Waals surface area contributed by atoms with E-state index >= 15 is 0 Å². The number of benzene rings is 1. The maximum atomic E-state index is 3.75. The van der Waals surface area contributed by atoms with Crippen LogP contribution in [0.4, 0.5) is 11.4 Å². The highest BCUT2D eigenvalue weighted by molar-refractivity contribution is 5.55. The molecular weight excluding hydrogens is 244 g/mol. The molecule has 2 heteroatoms. The number of nitrogens with one attached hydrogen (secondary N) is 1. The Labute approximate surface area is 124 Å². The molecule has 1 fully saturated rings. The normalized spacial score (nSPS) is 21.5. The van der Waals surface area contributed by atoms with Crippen molar-refractivity contribution in [3.8, 4) is 0 Å². The Kier molecular flexibility index (Phi) is 4.95. The zero-order chi connectivity index (χ0) is 14.6. The third kappa shape index (κ3) is 3.47. The molecule has 20 heavy (non-hydrogen) atoms. The zero-order valence-corrected chi connectivity index (χ0v) is 13.6. The van der Waals surface area contributed by atoms with Gasteiger partial charge in [0.1, 0.15) is 0 Å².